The molecule has 41 heavy (non-hydrogen) atoms. The van der Waals surface area contributed by atoms with Gasteiger partial charge in [0, 0.05) is 29.1 Å². The van der Waals surface area contributed by atoms with Gasteiger partial charge in [-0.2, -0.15) is 11.8 Å². The first kappa shape index (κ1) is 32.3. The Morgan fingerprint density at radius 1 is 1.17 bits per heavy atom. The van der Waals surface area contributed by atoms with Crippen LogP contribution in [0.1, 0.15) is 71.7 Å². The predicted octanol–water partition coefficient (Wildman–Crippen LogP) is 4.55. The van der Waals surface area contributed by atoms with Gasteiger partial charge in [0.2, 0.25) is 0 Å². The van der Waals surface area contributed by atoms with Crippen LogP contribution in [-0.4, -0.2) is 28.4 Å². The summed E-state index contributed by atoms with van der Waals surface area (Å²) in [5.74, 6) is -0.0549. The molecule has 0 aliphatic heterocycles. The average Bonchev–Trinajstić information content (AvgIpc) is 3.63. The average molecular weight is 614 g/mol. The van der Waals surface area contributed by atoms with Gasteiger partial charge in [0.1, 0.15) is 5.52 Å². The minimum Gasteiger partial charge on any atom is -0.550 e. The van der Waals surface area contributed by atoms with Crippen LogP contribution in [0.5, 0.6) is 0 Å². The first-order valence-corrected chi connectivity index (χ1v) is 16.0. The number of aliphatic hydroxyl groups excluding tert-OH is 1. The largest absolute Gasteiger partial charge is 1.00 e. The van der Waals surface area contributed by atoms with Crippen LogP contribution in [0.25, 0.3) is 22.4 Å². The summed E-state index contributed by atoms with van der Waals surface area (Å²) >= 11 is 9.75. The number of thioether (sulfide) groups is 1. The number of carboxylic acid groups (broad SMARTS) is 1. The number of fused-ring (bicyclic) bond motifs is 1. The van der Waals surface area contributed by atoms with E-state index in [1.54, 1.807) is 11.3 Å². The maximum absolute atomic E-state index is 11.4. The number of rotatable bonds is 13. The molecule has 0 saturated heterocycles. The summed E-state index contributed by atoms with van der Waals surface area (Å²) in [5, 5.41) is 23.9. The Balaban J connectivity index is 0.00000387. The van der Waals surface area contributed by atoms with Crippen molar-refractivity contribution in [2.24, 2.45) is 5.41 Å². The van der Waals surface area contributed by atoms with Crippen molar-refractivity contribution < 1.29 is 44.6 Å². The van der Waals surface area contributed by atoms with Crippen LogP contribution in [0.3, 0.4) is 0 Å². The minimum atomic E-state index is -0.954. The third-order valence-electron chi connectivity index (χ3n) is 7.73. The van der Waals surface area contributed by atoms with Crippen LogP contribution >= 0.6 is 34.7 Å². The minimum absolute atomic E-state index is 0. The van der Waals surface area contributed by atoms with Crippen LogP contribution in [0, 0.1) is 5.41 Å². The molecule has 5 rings (SSSR count). The monoisotopic (exact) mass is 613 g/mol. The number of aliphatic carboxylic acids is 1. The van der Waals surface area contributed by atoms with Crippen LogP contribution in [0.2, 0.25) is 5.02 Å². The van der Waals surface area contributed by atoms with Gasteiger partial charge >= 0.3 is 29.6 Å². The van der Waals surface area contributed by atoms with Gasteiger partial charge in [0.05, 0.1) is 15.4 Å². The van der Waals surface area contributed by atoms with Gasteiger partial charge in [-0.1, -0.05) is 73.1 Å². The molecule has 2 aromatic heterocycles. The van der Waals surface area contributed by atoms with Crippen molar-refractivity contribution in [1.29, 1.82) is 0 Å². The first-order valence-electron chi connectivity index (χ1n) is 13.7. The maximum atomic E-state index is 11.4. The quantitative estimate of drug-likeness (QED) is 0.224. The molecule has 2 unspecified atom stereocenters. The van der Waals surface area contributed by atoms with Gasteiger partial charge in [-0.05, 0) is 83.7 Å². The van der Waals surface area contributed by atoms with Gasteiger partial charge in [0.25, 0.3) is 0 Å². The summed E-state index contributed by atoms with van der Waals surface area (Å²) in [4.78, 5) is 16.1. The third-order valence-corrected chi connectivity index (χ3v) is 10.8. The summed E-state index contributed by atoms with van der Waals surface area (Å²) in [6.07, 6.45) is 7.94. The normalized spacial score (nSPS) is 15.5. The summed E-state index contributed by atoms with van der Waals surface area (Å²) in [6, 6.07) is 21.0. The summed E-state index contributed by atoms with van der Waals surface area (Å²) in [5.41, 5.74) is 6.33. The molecule has 1 aliphatic rings. The number of aryl methyl sites for hydroxylation is 1. The van der Waals surface area contributed by atoms with Crippen LogP contribution < -0.4 is 34.7 Å². The van der Waals surface area contributed by atoms with Gasteiger partial charge in [-0.25, -0.2) is 4.98 Å². The number of benzene rings is 2. The van der Waals surface area contributed by atoms with Crippen molar-refractivity contribution in [2.75, 3.05) is 12.4 Å². The Labute approximate surface area is 277 Å². The number of pyridine rings is 1. The van der Waals surface area contributed by atoms with Crippen molar-refractivity contribution in [3.8, 4) is 0 Å². The number of aromatic nitrogens is 1. The smallest absolute Gasteiger partial charge is 0.550 e. The van der Waals surface area contributed by atoms with E-state index in [0.717, 1.165) is 52.9 Å². The van der Waals surface area contributed by atoms with E-state index >= 15 is 0 Å². The molecule has 4 aromatic rings. The Bertz CT molecular complexity index is 1520. The van der Waals surface area contributed by atoms with Gasteiger partial charge in [-0.15, -0.1) is 11.3 Å². The second kappa shape index (κ2) is 14.7. The van der Waals surface area contributed by atoms with Crippen molar-refractivity contribution >= 4 is 63.0 Å². The van der Waals surface area contributed by atoms with Crippen LogP contribution in [0.15, 0.2) is 66.0 Å². The number of carbonyl (C=O) groups is 1. The number of thiophene rings is 1. The molecule has 0 spiro atoms. The van der Waals surface area contributed by atoms with E-state index in [0.29, 0.717) is 5.02 Å². The molecule has 208 valence electrons. The van der Waals surface area contributed by atoms with E-state index in [4.69, 9.17) is 16.6 Å². The second-order valence-electron chi connectivity index (χ2n) is 10.8. The zero-order chi connectivity index (χ0) is 28.1. The third kappa shape index (κ3) is 8.47. The molecule has 2 aromatic carbocycles. The van der Waals surface area contributed by atoms with E-state index in [1.165, 1.54) is 16.7 Å². The number of hydrogen-bond donors (Lipinski definition) is 1. The Kier molecular flexibility index (Phi) is 11.6. The zero-order valence-corrected chi connectivity index (χ0v) is 27.9. The van der Waals surface area contributed by atoms with Crippen LogP contribution in [-0.2, 0) is 11.2 Å². The van der Waals surface area contributed by atoms with Crippen molar-refractivity contribution in [2.45, 2.75) is 50.2 Å². The van der Waals surface area contributed by atoms with Crippen LogP contribution in [0.4, 0.5) is 0 Å². The first-order chi connectivity index (χ1) is 19.4. The Hall–Kier alpha value is -1.64. The maximum Gasteiger partial charge on any atom is 1.00 e. The number of nitrogens with zero attached hydrogens (tertiary/aromatic N) is 1. The number of carboxylic acids is 1. The molecule has 0 bridgehead atoms. The number of carbonyl (C=O) groups excluding carboxylic acids is 1. The standard InChI is InChI=1S/C33H34ClNO3S2.Na/c1-22(19-36)27-8-3-2-6-24(27)10-13-29(40-21-33(15-16-33)18-31(37)38)25-7-4-5-23(17-25)9-11-26-12-14-30-32(35-26)28(34)20-39-30;/h2-9,11-12,14,17,20,22,29,36H,10,13,15-16,18-19,21H2,1H3,(H,37,38);/q;+1/p-1/b11-9+;. The fourth-order valence-corrected chi connectivity index (χ4v) is 7.80. The number of hydrogen-bond acceptors (Lipinski definition) is 6. The predicted molar refractivity (Wildman–Crippen MR) is 167 cm³/mol. The fourth-order valence-electron chi connectivity index (χ4n) is 5.14. The molecule has 1 N–H and O–H groups in total. The summed E-state index contributed by atoms with van der Waals surface area (Å²) in [7, 11) is 0. The summed E-state index contributed by atoms with van der Waals surface area (Å²) < 4.78 is 1.08. The molecule has 2 heterocycles. The Morgan fingerprint density at radius 2 is 1.98 bits per heavy atom. The van der Waals surface area contributed by atoms with Crippen molar-refractivity contribution in [1.82, 2.24) is 4.98 Å². The molecular formula is C33H33ClNNaO3S2. The SMILES string of the molecule is CC(CO)c1ccccc1CCC(SCC1(CC(=O)[O-])CC1)c1cccc(/C=C/c2ccc3scc(Cl)c3n2)c1.[Na+]. The van der Waals surface area contributed by atoms with Crippen molar-refractivity contribution in [3.05, 3.63) is 99.0 Å². The van der Waals surface area contributed by atoms with E-state index in [9.17, 15) is 15.0 Å². The van der Waals surface area contributed by atoms with Gasteiger partial charge < -0.3 is 15.0 Å². The molecular weight excluding hydrogens is 581 g/mol. The van der Waals surface area contributed by atoms with E-state index in [-0.39, 0.29) is 59.2 Å². The molecule has 1 saturated carbocycles. The molecule has 0 radical (unpaired) electrons. The van der Waals surface area contributed by atoms with E-state index in [1.807, 2.05) is 35.4 Å². The molecule has 0 amide bonds. The molecule has 1 aliphatic carbocycles. The topological polar surface area (TPSA) is 73.2 Å². The fraction of sp³-hybridized carbons (Fsp3) is 0.333. The Morgan fingerprint density at radius 3 is 2.73 bits per heavy atom. The van der Waals surface area contributed by atoms with Gasteiger partial charge in [-0.3, -0.25) is 0 Å². The van der Waals surface area contributed by atoms with Gasteiger partial charge in [0.15, 0.2) is 0 Å². The number of aliphatic hydroxyl groups is 1. The van der Waals surface area contributed by atoms with E-state index in [2.05, 4.69) is 61.5 Å². The zero-order valence-electron chi connectivity index (χ0n) is 23.5. The van der Waals surface area contributed by atoms with E-state index < -0.39 is 5.97 Å². The number of halogens is 1. The molecule has 8 heteroatoms. The summed E-state index contributed by atoms with van der Waals surface area (Å²) in [6.45, 7) is 2.17. The second-order valence-corrected chi connectivity index (χ2v) is 13.3. The molecule has 2 atom stereocenters. The molecule has 4 nitrogen and oxygen atoms in total. The molecule has 1 fully saturated rings. The van der Waals surface area contributed by atoms with Crippen molar-refractivity contribution in [3.63, 3.8) is 0 Å².